The number of aliphatic hydroxyl groups is 1. The monoisotopic (exact) mass is 367 g/mol. The molecule has 1 aromatic heterocycles. The lowest BCUT2D eigenvalue weighted by atomic mass is 10.2. The molecule has 7 heteroatoms. The molecule has 0 radical (unpaired) electrons. The lowest BCUT2D eigenvalue weighted by Crippen LogP contribution is -2.26. The summed E-state index contributed by atoms with van der Waals surface area (Å²) in [6.07, 6.45) is 0. The number of hydrogen-bond donors (Lipinski definition) is 2. The first-order valence-corrected chi connectivity index (χ1v) is 8.80. The number of para-hydroxylation sites is 1. The smallest absolute Gasteiger partial charge is 0.146 e. The van der Waals surface area contributed by atoms with Crippen LogP contribution in [0.15, 0.2) is 48.2 Å². The first-order chi connectivity index (χ1) is 12.6. The van der Waals surface area contributed by atoms with E-state index in [1.54, 1.807) is 31.3 Å². The van der Waals surface area contributed by atoms with Crippen LogP contribution in [0.3, 0.4) is 0 Å². The standard InChI is InChI=1S/C19H17N3O3S/c1-24-11-7-8-13(15(9-11)25-2)22-10-14(23)17(18(22)20)19-21-12-5-3-4-6-16(12)26-19/h3-9,20,23H,10H2,1-2H3. The van der Waals surface area contributed by atoms with Crippen molar-refractivity contribution < 1.29 is 14.6 Å². The molecule has 2 aromatic carbocycles. The van der Waals surface area contributed by atoms with Gasteiger partial charge >= 0.3 is 0 Å². The molecule has 0 spiro atoms. The topological polar surface area (TPSA) is 78.7 Å². The van der Waals surface area contributed by atoms with Gasteiger partial charge in [-0.05, 0) is 24.3 Å². The summed E-state index contributed by atoms with van der Waals surface area (Å²) in [7, 11) is 3.16. The fourth-order valence-corrected chi connectivity index (χ4v) is 4.03. The molecule has 4 rings (SSSR count). The molecule has 0 fully saturated rings. The number of aromatic nitrogens is 1. The molecule has 6 nitrogen and oxygen atoms in total. The quantitative estimate of drug-likeness (QED) is 0.726. The van der Waals surface area contributed by atoms with E-state index in [2.05, 4.69) is 4.98 Å². The van der Waals surface area contributed by atoms with Crippen molar-refractivity contribution in [2.24, 2.45) is 0 Å². The summed E-state index contributed by atoms with van der Waals surface area (Å²) in [6.45, 7) is 0.201. The van der Waals surface area contributed by atoms with Gasteiger partial charge in [0.25, 0.3) is 0 Å². The number of ether oxygens (including phenoxy) is 2. The maximum atomic E-state index is 10.5. The summed E-state index contributed by atoms with van der Waals surface area (Å²) in [5.41, 5.74) is 2.02. The molecule has 0 amide bonds. The van der Waals surface area contributed by atoms with Crippen molar-refractivity contribution in [3.8, 4) is 11.5 Å². The number of amidine groups is 1. The van der Waals surface area contributed by atoms with Gasteiger partial charge < -0.3 is 19.5 Å². The van der Waals surface area contributed by atoms with Crippen LogP contribution in [0.4, 0.5) is 5.69 Å². The lowest BCUT2D eigenvalue weighted by molar-refractivity contribution is 0.393. The van der Waals surface area contributed by atoms with Crippen LogP contribution in [-0.2, 0) is 0 Å². The first kappa shape index (κ1) is 16.4. The molecule has 132 valence electrons. The zero-order valence-corrected chi connectivity index (χ0v) is 15.1. The van der Waals surface area contributed by atoms with Crippen LogP contribution in [0, 0.1) is 5.41 Å². The van der Waals surface area contributed by atoms with Gasteiger partial charge in [0.05, 0.1) is 42.2 Å². The Labute approximate surface area is 154 Å². The van der Waals surface area contributed by atoms with Gasteiger partial charge in [0.2, 0.25) is 0 Å². The highest BCUT2D eigenvalue weighted by atomic mass is 32.1. The van der Waals surface area contributed by atoms with Crippen LogP contribution in [-0.4, -0.2) is 36.7 Å². The Bertz CT molecular complexity index is 1010. The number of anilines is 1. The Hall–Kier alpha value is -3.06. The highest BCUT2D eigenvalue weighted by Gasteiger charge is 2.32. The Kier molecular flexibility index (Phi) is 4.00. The van der Waals surface area contributed by atoms with E-state index < -0.39 is 0 Å². The van der Waals surface area contributed by atoms with Gasteiger partial charge in [0.1, 0.15) is 28.1 Å². The molecule has 0 saturated carbocycles. The van der Waals surface area contributed by atoms with Gasteiger partial charge in [-0.25, -0.2) is 4.98 Å². The van der Waals surface area contributed by atoms with Crippen LogP contribution < -0.4 is 14.4 Å². The number of thiazole rings is 1. The van der Waals surface area contributed by atoms with Crippen molar-refractivity contribution in [3.05, 3.63) is 53.2 Å². The summed E-state index contributed by atoms with van der Waals surface area (Å²) >= 11 is 1.47. The molecule has 0 bridgehead atoms. The van der Waals surface area contributed by atoms with Crippen molar-refractivity contribution in [3.63, 3.8) is 0 Å². The van der Waals surface area contributed by atoms with Crippen molar-refractivity contribution in [1.29, 1.82) is 5.41 Å². The number of rotatable bonds is 4. The molecule has 0 atom stereocenters. The molecule has 2 heterocycles. The average Bonchev–Trinajstić information content (AvgIpc) is 3.21. The van der Waals surface area contributed by atoms with Crippen LogP contribution >= 0.6 is 11.3 Å². The van der Waals surface area contributed by atoms with Gasteiger partial charge in [-0.2, -0.15) is 0 Å². The summed E-state index contributed by atoms with van der Waals surface area (Å²) in [6, 6.07) is 13.2. The number of nitrogens with zero attached hydrogens (tertiary/aromatic N) is 2. The third-order valence-corrected chi connectivity index (χ3v) is 5.34. The Morgan fingerprint density at radius 1 is 1.15 bits per heavy atom. The molecule has 26 heavy (non-hydrogen) atoms. The van der Waals surface area contributed by atoms with Crippen LogP contribution in [0.25, 0.3) is 15.8 Å². The van der Waals surface area contributed by atoms with E-state index in [-0.39, 0.29) is 18.1 Å². The SMILES string of the molecule is COc1ccc(N2CC(O)=C(c3nc4ccccc4s3)C2=N)c(OC)c1. The Balaban J connectivity index is 1.73. The fraction of sp³-hybridized carbons (Fsp3) is 0.158. The van der Waals surface area contributed by atoms with Gasteiger partial charge in [0.15, 0.2) is 0 Å². The maximum absolute atomic E-state index is 10.5. The summed E-state index contributed by atoms with van der Waals surface area (Å²) in [4.78, 5) is 6.28. The highest BCUT2D eigenvalue weighted by Crippen LogP contribution is 2.39. The van der Waals surface area contributed by atoms with Crippen LogP contribution in [0.2, 0.25) is 0 Å². The van der Waals surface area contributed by atoms with Crippen LogP contribution in [0.1, 0.15) is 5.01 Å². The molecular weight excluding hydrogens is 350 g/mol. The van der Waals surface area contributed by atoms with E-state index in [0.29, 0.717) is 27.8 Å². The van der Waals surface area contributed by atoms with Gasteiger partial charge in [-0.3, -0.25) is 5.41 Å². The van der Waals surface area contributed by atoms with E-state index in [0.717, 1.165) is 10.2 Å². The zero-order valence-electron chi connectivity index (χ0n) is 14.3. The number of benzene rings is 2. The van der Waals surface area contributed by atoms with Gasteiger partial charge in [-0.15, -0.1) is 11.3 Å². The first-order valence-electron chi connectivity index (χ1n) is 7.99. The number of fused-ring (bicyclic) bond motifs is 1. The zero-order chi connectivity index (χ0) is 18.3. The number of methoxy groups -OCH3 is 2. The molecule has 0 unspecified atom stereocenters. The molecule has 0 aliphatic carbocycles. The van der Waals surface area contributed by atoms with Crippen molar-refractivity contribution in [1.82, 2.24) is 4.98 Å². The second-order valence-electron chi connectivity index (χ2n) is 5.78. The third kappa shape index (κ3) is 2.57. The molecule has 1 aliphatic heterocycles. The maximum Gasteiger partial charge on any atom is 0.146 e. The van der Waals surface area contributed by atoms with E-state index in [4.69, 9.17) is 14.9 Å². The minimum atomic E-state index is 0.131. The molecule has 0 saturated heterocycles. The molecule has 1 aliphatic rings. The fourth-order valence-electron chi connectivity index (χ4n) is 3.00. The van der Waals surface area contributed by atoms with Gasteiger partial charge in [-0.1, -0.05) is 12.1 Å². The predicted molar refractivity (Wildman–Crippen MR) is 104 cm³/mol. The normalized spacial score (nSPS) is 14.4. The minimum Gasteiger partial charge on any atom is -0.510 e. The van der Waals surface area contributed by atoms with Gasteiger partial charge in [0, 0.05) is 6.07 Å². The molecular formula is C19H17N3O3S. The minimum absolute atomic E-state index is 0.131. The van der Waals surface area contributed by atoms with Crippen molar-refractivity contribution in [2.75, 3.05) is 25.7 Å². The van der Waals surface area contributed by atoms with E-state index in [9.17, 15) is 5.11 Å². The summed E-state index contributed by atoms with van der Waals surface area (Å²) in [5.74, 6) is 1.57. The average molecular weight is 367 g/mol. The molecule has 2 N–H and O–H groups in total. The largest absolute Gasteiger partial charge is 0.510 e. The number of hydrogen-bond acceptors (Lipinski definition) is 6. The van der Waals surface area contributed by atoms with Crippen LogP contribution in [0.5, 0.6) is 11.5 Å². The summed E-state index contributed by atoms with van der Waals surface area (Å²) < 4.78 is 11.7. The third-order valence-electron chi connectivity index (χ3n) is 4.29. The molecule has 3 aromatic rings. The second kappa shape index (κ2) is 6.34. The van der Waals surface area contributed by atoms with E-state index >= 15 is 0 Å². The van der Waals surface area contributed by atoms with Crippen molar-refractivity contribution >= 4 is 38.6 Å². The Morgan fingerprint density at radius 2 is 1.96 bits per heavy atom. The number of nitrogens with one attached hydrogen (secondary N) is 1. The Morgan fingerprint density at radius 3 is 2.69 bits per heavy atom. The lowest BCUT2D eigenvalue weighted by Gasteiger charge is -2.21. The predicted octanol–water partition coefficient (Wildman–Crippen LogP) is 4.08. The second-order valence-corrected chi connectivity index (χ2v) is 6.81. The number of aliphatic hydroxyl groups excluding tert-OH is 1. The van der Waals surface area contributed by atoms with Crippen molar-refractivity contribution in [2.45, 2.75) is 0 Å². The van der Waals surface area contributed by atoms with E-state index in [1.807, 2.05) is 30.3 Å². The van der Waals surface area contributed by atoms with E-state index in [1.165, 1.54) is 11.3 Å². The highest BCUT2D eigenvalue weighted by molar-refractivity contribution is 7.19. The summed E-state index contributed by atoms with van der Waals surface area (Å²) in [5, 5.41) is 19.8.